The number of nitrogens with zero attached hydrogens (tertiary/aromatic N) is 3. The molecule has 1 N–H and O–H groups in total. The van der Waals surface area contributed by atoms with Crippen LogP contribution in [0.4, 0.5) is 4.39 Å². The van der Waals surface area contributed by atoms with Crippen LogP contribution >= 0.6 is 0 Å². The molecule has 2 heterocycles. The summed E-state index contributed by atoms with van der Waals surface area (Å²) in [7, 11) is 6.06. The molecule has 130 valence electrons. The predicted octanol–water partition coefficient (Wildman–Crippen LogP) is 2.67. The second-order valence-electron chi connectivity index (χ2n) is 6.56. The monoisotopic (exact) mass is 332 g/mol. The van der Waals surface area contributed by atoms with E-state index < -0.39 is 0 Å². The van der Waals surface area contributed by atoms with Crippen LogP contribution in [0, 0.1) is 5.82 Å². The number of likely N-dealkylation sites (N-methyl/N-ethyl adjacent to an activating group) is 1. The lowest BCUT2D eigenvalue weighted by Gasteiger charge is -2.27. The molecule has 0 aliphatic carbocycles. The average Bonchev–Trinajstić information content (AvgIpc) is 2.85. The second-order valence-corrected chi connectivity index (χ2v) is 6.56. The Morgan fingerprint density at radius 2 is 2.29 bits per heavy atom. The maximum absolute atomic E-state index is 13.5. The maximum Gasteiger partial charge on any atom is 0.126 e. The lowest BCUT2D eigenvalue weighted by atomic mass is 10.0. The lowest BCUT2D eigenvalue weighted by molar-refractivity contribution is 0.276. The third-order valence-electron chi connectivity index (χ3n) is 4.54. The number of aromatic nitrogens is 2. The van der Waals surface area contributed by atoms with E-state index in [1.54, 1.807) is 0 Å². The van der Waals surface area contributed by atoms with Gasteiger partial charge in [0.2, 0.25) is 0 Å². The molecule has 3 rings (SSSR count). The Bertz CT molecular complexity index is 685. The average molecular weight is 332 g/mol. The highest BCUT2D eigenvalue weighted by Gasteiger charge is 2.23. The number of aryl methyl sites for hydroxylation is 1. The van der Waals surface area contributed by atoms with Crippen molar-refractivity contribution in [2.75, 3.05) is 27.2 Å². The summed E-state index contributed by atoms with van der Waals surface area (Å²) < 4.78 is 21.0. The van der Waals surface area contributed by atoms with Crippen molar-refractivity contribution in [1.82, 2.24) is 20.0 Å². The van der Waals surface area contributed by atoms with Gasteiger partial charge in [-0.2, -0.15) is 5.10 Å². The van der Waals surface area contributed by atoms with Gasteiger partial charge in [-0.1, -0.05) is 6.07 Å². The van der Waals surface area contributed by atoms with E-state index in [-0.39, 0.29) is 17.9 Å². The van der Waals surface area contributed by atoms with Crippen molar-refractivity contribution in [3.05, 3.63) is 47.5 Å². The van der Waals surface area contributed by atoms with Crippen LogP contribution in [0.1, 0.15) is 36.1 Å². The molecule has 0 fully saturated rings. The molecule has 1 aliphatic rings. The zero-order chi connectivity index (χ0) is 17.1. The van der Waals surface area contributed by atoms with E-state index in [4.69, 9.17) is 4.74 Å². The first-order chi connectivity index (χ1) is 11.5. The Morgan fingerprint density at radius 3 is 3.00 bits per heavy atom. The van der Waals surface area contributed by atoms with Crippen molar-refractivity contribution in [3.63, 3.8) is 0 Å². The molecule has 1 aliphatic heterocycles. The Balaban J connectivity index is 1.75. The van der Waals surface area contributed by atoms with Crippen molar-refractivity contribution in [2.45, 2.75) is 24.9 Å². The molecule has 6 heteroatoms. The smallest absolute Gasteiger partial charge is 0.126 e. The van der Waals surface area contributed by atoms with Crippen LogP contribution in [0.25, 0.3) is 0 Å². The molecule has 2 atom stereocenters. The summed E-state index contributed by atoms with van der Waals surface area (Å²) in [5.74, 6) is 0.406. The first-order valence-electron chi connectivity index (χ1n) is 8.35. The lowest BCUT2D eigenvalue weighted by Crippen LogP contribution is -2.33. The van der Waals surface area contributed by atoms with Crippen LogP contribution in [0.15, 0.2) is 30.6 Å². The fourth-order valence-corrected chi connectivity index (χ4v) is 3.22. The molecule has 0 spiro atoms. The van der Waals surface area contributed by atoms with Crippen molar-refractivity contribution in [1.29, 1.82) is 0 Å². The van der Waals surface area contributed by atoms with Gasteiger partial charge in [-0.15, -0.1) is 0 Å². The molecule has 5 nitrogen and oxygen atoms in total. The van der Waals surface area contributed by atoms with Gasteiger partial charge in [0.1, 0.15) is 11.6 Å². The minimum absolute atomic E-state index is 0.169. The minimum atomic E-state index is -0.254. The number of rotatable bonds is 5. The van der Waals surface area contributed by atoms with Crippen LogP contribution in [0.3, 0.4) is 0 Å². The summed E-state index contributed by atoms with van der Waals surface area (Å²) in [5.41, 5.74) is 2.22. The highest BCUT2D eigenvalue weighted by molar-refractivity contribution is 5.37. The van der Waals surface area contributed by atoms with Gasteiger partial charge < -0.3 is 15.0 Å². The van der Waals surface area contributed by atoms with Gasteiger partial charge in [-0.05, 0) is 33.0 Å². The number of benzene rings is 1. The van der Waals surface area contributed by atoms with Crippen LogP contribution in [0.5, 0.6) is 5.75 Å². The van der Waals surface area contributed by atoms with E-state index in [0.717, 1.165) is 24.9 Å². The Kier molecular flexibility index (Phi) is 5.16. The summed E-state index contributed by atoms with van der Waals surface area (Å²) in [6.45, 7) is 1.43. The predicted molar refractivity (Wildman–Crippen MR) is 91.5 cm³/mol. The van der Waals surface area contributed by atoms with Gasteiger partial charge in [0.15, 0.2) is 0 Å². The third-order valence-corrected chi connectivity index (χ3v) is 4.54. The number of hydrogen-bond acceptors (Lipinski definition) is 4. The number of ether oxygens (including phenoxy) is 1. The zero-order valence-corrected chi connectivity index (χ0v) is 14.5. The second kappa shape index (κ2) is 7.32. The number of fused-ring (bicyclic) bond motifs is 1. The summed E-state index contributed by atoms with van der Waals surface area (Å²) in [5, 5.41) is 7.92. The molecule has 0 saturated heterocycles. The van der Waals surface area contributed by atoms with Crippen molar-refractivity contribution >= 4 is 0 Å². The number of hydrogen-bond donors (Lipinski definition) is 1. The first kappa shape index (κ1) is 16.9. The molecular formula is C18H25FN4O. The van der Waals surface area contributed by atoms with Crippen LogP contribution in [-0.4, -0.2) is 41.9 Å². The molecule has 0 amide bonds. The Hall–Kier alpha value is -1.92. The van der Waals surface area contributed by atoms with Crippen molar-refractivity contribution in [2.24, 2.45) is 7.05 Å². The number of halogens is 1. The molecule has 2 aromatic rings. The molecule has 0 saturated carbocycles. The molecule has 1 aromatic carbocycles. The fraction of sp³-hybridized carbons (Fsp3) is 0.500. The van der Waals surface area contributed by atoms with Gasteiger partial charge in [-0.25, -0.2) is 4.39 Å². The van der Waals surface area contributed by atoms with Crippen LogP contribution in [0.2, 0.25) is 0 Å². The summed E-state index contributed by atoms with van der Waals surface area (Å²) >= 11 is 0. The van der Waals surface area contributed by atoms with Crippen molar-refractivity contribution in [3.8, 4) is 5.75 Å². The van der Waals surface area contributed by atoms with Crippen LogP contribution in [-0.2, 0) is 7.05 Å². The third kappa shape index (κ3) is 3.76. The summed E-state index contributed by atoms with van der Waals surface area (Å²) in [6.07, 6.45) is 5.89. The highest BCUT2D eigenvalue weighted by atomic mass is 19.1. The van der Waals surface area contributed by atoms with Gasteiger partial charge in [-0.3, -0.25) is 4.68 Å². The normalized spacial score (nSPS) is 18.8. The van der Waals surface area contributed by atoms with Gasteiger partial charge in [0.25, 0.3) is 0 Å². The van der Waals surface area contributed by atoms with E-state index >= 15 is 0 Å². The molecule has 0 unspecified atom stereocenters. The minimum Gasteiger partial charge on any atom is -0.493 e. The molecular weight excluding hydrogens is 307 g/mol. The molecule has 1 aromatic heterocycles. The fourth-order valence-electron chi connectivity index (χ4n) is 3.22. The molecule has 24 heavy (non-hydrogen) atoms. The van der Waals surface area contributed by atoms with Crippen LogP contribution < -0.4 is 10.1 Å². The van der Waals surface area contributed by atoms with Gasteiger partial charge in [0, 0.05) is 49.1 Å². The molecule has 0 bridgehead atoms. The first-order valence-corrected chi connectivity index (χ1v) is 8.35. The summed E-state index contributed by atoms with van der Waals surface area (Å²) in [4.78, 5) is 2.18. The maximum atomic E-state index is 13.5. The largest absolute Gasteiger partial charge is 0.493 e. The van der Waals surface area contributed by atoms with E-state index in [1.165, 1.54) is 17.7 Å². The van der Waals surface area contributed by atoms with Crippen molar-refractivity contribution < 1.29 is 9.13 Å². The number of nitrogens with one attached hydrogen (secondary N) is 1. The zero-order valence-electron chi connectivity index (χ0n) is 14.5. The topological polar surface area (TPSA) is 42.3 Å². The molecule has 0 radical (unpaired) electrons. The van der Waals surface area contributed by atoms with E-state index in [2.05, 4.69) is 29.4 Å². The van der Waals surface area contributed by atoms with Gasteiger partial charge >= 0.3 is 0 Å². The SMILES string of the molecule is CN(C)[C@@H](CN[C@H]1CCCOc2cc(F)ccc21)c1cnn(C)c1. The Labute approximate surface area is 142 Å². The van der Waals surface area contributed by atoms with Gasteiger partial charge in [0.05, 0.1) is 12.8 Å². The van der Waals surface area contributed by atoms with E-state index in [0.29, 0.717) is 12.4 Å². The summed E-state index contributed by atoms with van der Waals surface area (Å²) in [6, 6.07) is 5.23. The highest BCUT2D eigenvalue weighted by Crippen LogP contribution is 2.32. The quantitative estimate of drug-likeness (QED) is 0.914. The van der Waals surface area contributed by atoms with E-state index in [1.807, 2.05) is 30.2 Å². The van der Waals surface area contributed by atoms with E-state index in [9.17, 15) is 4.39 Å². The standard InChI is InChI=1S/C18H25FN4O/c1-22(2)17(13-10-21-23(3)12-13)11-20-16-5-4-8-24-18-9-14(19)6-7-15(16)18/h6-7,9-10,12,16-17,20H,4-5,8,11H2,1-3H3/t16-,17-/m0/s1. The Morgan fingerprint density at radius 1 is 1.46 bits per heavy atom.